The number of likely N-dealkylation sites (tertiary alicyclic amines) is 1. The van der Waals surface area contributed by atoms with Crippen molar-refractivity contribution in [3.8, 4) is 0 Å². The highest BCUT2D eigenvalue weighted by molar-refractivity contribution is 4.73. The van der Waals surface area contributed by atoms with E-state index in [4.69, 9.17) is 5.11 Å². The van der Waals surface area contributed by atoms with Crippen LogP contribution in [0.25, 0.3) is 0 Å². The molecule has 3 nitrogen and oxygen atoms in total. The lowest BCUT2D eigenvalue weighted by Gasteiger charge is -2.34. The number of hydrogen-bond donors (Lipinski definition) is 3. The van der Waals surface area contributed by atoms with Crippen LogP contribution >= 0.6 is 0 Å². The molecular formula is C13H31N2O+. The second-order valence-corrected chi connectivity index (χ2v) is 4.52. The maximum absolute atomic E-state index is 8.74. The Morgan fingerprint density at radius 3 is 2.56 bits per heavy atom. The van der Waals surface area contributed by atoms with Crippen molar-refractivity contribution in [3.05, 3.63) is 0 Å². The van der Waals surface area contributed by atoms with Gasteiger partial charge in [0.1, 0.15) is 0 Å². The summed E-state index contributed by atoms with van der Waals surface area (Å²) in [5.41, 5.74) is 0. The minimum Gasteiger partial charge on any atom is -0.396 e. The van der Waals surface area contributed by atoms with Gasteiger partial charge in [0.05, 0.1) is 19.6 Å². The van der Waals surface area contributed by atoms with Crippen LogP contribution in [0, 0.1) is 0 Å². The van der Waals surface area contributed by atoms with E-state index in [0.717, 1.165) is 18.5 Å². The summed E-state index contributed by atoms with van der Waals surface area (Å²) in [5, 5.41) is 12.1. The summed E-state index contributed by atoms with van der Waals surface area (Å²) < 4.78 is 0. The average molecular weight is 231 g/mol. The molecule has 1 aliphatic heterocycles. The minimum absolute atomic E-state index is 0.348. The summed E-state index contributed by atoms with van der Waals surface area (Å²) in [6.07, 6.45) is 6.01. The summed E-state index contributed by atoms with van der Waals surface area (Å²) in [6, 6.07) is 1.52. The molecule has 1 heterocycles. The molecule has 0 amide bonds. The van der Waals surface area contributed by atoms with Gasteiger partial charge in [-0.25, -0.2) is 0 Å². The number of aliphatic hydroxyl groups is 1. The molecule has 3 heteroatoms. The zero-order chi connectivity index (χ0) is 12.4. The summed E-state index contributed by atoms with van der Waals surface area (Å²) >= 11 is 0. The van der Waals surface area contributed by atoms with Crippen molar-refractivity contribution in [1.82, 2.24) is 5.32 Å². The van der Waals surface area contributed by atoms with E-state index in [2.05, 4.69) is 19.4 Å². The van der Waals surface area contributed by atoms with Gasteiger partial charge >= 0.3 is 0 Å². The first-order valence-electron chi connectivity index (χ1n) is 6.88. The molecule has 0 saturated carbocycles. The Hall–Kier alpha value is -0.120. The molecule has 0 radical (unpaired) electrons. The smallest absolute Gasteiger partial charge is 0.0887 e. The standard InChI is InChI=1S/C11H24N2O.C2H6/c1-12-10-6-7-13(2)11(9-10)5-3-4-8-14;1-2/h10-12,14H,3-9H2,1-2H3;1-2H3/p+1. The number of unbranched alkanes of at least 4 members (excludes halogenated alkanes) is 1. The second-order valence-electron chi connectivity index (χ2n) is 4.52. The zero-order valence-corrected chi connectivity index (χ0v) is 11.6. The van der Waals surface area contributed by atoms with Crippen molar-refractivity contribution >= 4 is 0 Å². The first kappa shape index (κ1) is 15.9. The Morgan fingerprint density at radius 1 is 1.31 bits per heavy atom. The summed E-state index contributed by atoms with van der Waals surface area (Å²) in [7, 11) is 4.37. The van der Waals surface area contributed by atoms with Crippen LogP contribution in [0.4, 0.5) is 0 Å². The predicted molar refractivity (Wildman–Crippen MR) is 69.9 cm³/mol. The molecule has 0 bridgehead atoms. The van der Waals surface area contributed by atoms with Crippen LogP contribution in [0.1, 0.15) is 46.0 Å². The predicted octanol–water partition coefficient (Wildman–Crippen LogP) is 0.440. The fourth-order valence-electron chi connectivity index (χ4n) is 2.40. The largest absolute Gasteiger partial charge is 0.396 e. The van der Waals surface area contributed by atoms with Crippen molar-refractivity contribution in [2.24, 2.45) is 0 Å². The van der Waals surface area contributed by atoms with Crippen LogP contribution in [0.15, 0.2) is 0 Å². The molecule has 1 rings (SSSR count). The maximum atomic E-state index is 8.74. The first-order valence-corrected chi connectivity index (χ1v) is 6.88. The number of nitrogens with one attached hydrogen (secondary N) is 2. The van der Waals surface area contributed by atoms with Crippen LogP contribution in [-0.2, 0) is 0 Å². The van der Waals surface area contributed by atoms with Gasteiger partial charge in [-0.2, -0.15) is 0 Å². The molecule has 1 fully saturated rings. The van der Waals surface area contributed by atoms with Crippen LogP contribution < -0.4 is 10.2 Å². The van der Waals surface area contributed by atoms with E-state index >= 15 is 0 Å². The highest BCUT2D eigenvalue weighted by atomic mass is 16.2. The van der Waals surface area contributed by atoms with Crippen molar-refractivity contribution in [3.63, 3.8) is 0 Å². The molecule has 1 saturated heterocycles. The molecule has 3 N–H and O–H groups in total. The van der Waals surface area contributed by atoms with Crippen molar-refractivity contribution < 1.29 is 10.0 Å². The minimum atomic E-state index is 0.348. The SMILES string of the molecule is CC.CNC1CC[NH+](C)C(CCCCO)C1. The fourth-order valence-corrected chi connectivity index (χ4v) is 2.40. The third-order valence-corrected chi connectivity index (χ3v) is 3.52. The van der Waals surface area contributed by atoms with Crippen LogP contribution in [-0.4, -0.2) is 44.4 Å². The Kier molecular flexibility index (Phi) is 9.99. The Bertz CT molecular complexity index is 153. The highest BCUT2D eigenvalue weighted by Crippen LogP contribution is 2.09. The van der Waals surface area contributed by atoms with Crippen LogP contribution in [0.5, 0.6) is 0 Å². The van der Waals surface area contributed by atoms with E-state index in [-0.39, 0.29) is 0 Å². The van der Waals surface area contributed by atoms with E-state index in [1.54, 1.807) is 4.90 Å². The first-order chi connectivity index (χ1) is 7.77. The molecule has 1 aliphatic rings. The molecule has 3 unspecified atom stereocenters. The van der Waals surface area contributed by atoms with E-state index in [1.165, 1.54) is 32.2 Å². The normalized spacial score (nSPS) is 29.4. The van der Waals surface area contributed by atoms with Gasteiger partial charge in [0.2, 0.25) is 0 Å². The zero-order valence-electron chi connectivity index (χ0n) is 11.6. The number of hydrogen-bond acceptors (Lipinski definition) is 2. The van der Waals surface area contributed by atoms with Gasteiger partial charge in [0, 0.05) is 25.5 Å². The molecule has 0 spiro atoms. The topological polar surface area (TPSA) is 36.7 Å². The lowest BCUT2D eigenvalue weighted by molar-refractivity contribution is -0.912. The Balaban J connectivity index is 0.00000106. The lowest BCUT2D eigenvalue weighted by atomic mass is 9.94. The monoisotopic (exact) mass is 231 g/mol. The maximum Gasteiger partial charge on any atom is 0.0887 e. The van der Waals surface area contributed by atoms with Crippen molar-refractivity contribution in [2.75, 3.05) is 27.2 Å². The molecule has 0 aromatic heterocycles. The molecule has 0 aromatic rings. The van der Waals surface area contributed by atoms with E-state index in [1.807, 2.05) is 13.8 Å². The van der Waals surface area contributed by atoms with E-state index < -0.39 is 0 Å². The van der Waals surface area contributed by atoms with Gasteiger partial charge in [-0.05, 0) is 26.3 Å². The molecule has 0 aromatic carbocycles. The van der Waals surface area contributed by atoms with E-state index in [0.29, 0.717) is 6.61 Å². The fraction of sp³-hybridized carbons (Fsp3) is 1.00. The van der Waals surface area contributed by atoms with Crippen molar-refractivity contribution in [1.29, 1.82) is 0 Å². The molecular weight excluding hydrogens is 200 g/mol. The summed E-state index contributed by atoms with van der Waals surface area (Å²) in [4.78, 5) is 1.68. The third-order valence-electron chi connectivity index (χ3n) is 3.52. The van der Waals surface area contributed by atoms with Gasteiger partial charge in [-0.15, -0.1) is 0 Å². The third kappa shape index (κ3) is 5.83. The summed E-state index contributed by atoms with van der Waals surface area (Å²) in [5.74, 6) is 0. The Labute approximate surface area is 101 Å². The second kappa shape index (κ2) is 10.1. The number of aliphatic hydroxyl groups excluding tert-OH is 1. The van der Waals surface area contributed by atoms with Crippen molar-refractivity contribution in [2.45, 2.75) is 58.0 Å². The molecule has 3 atom stereocenters. The summed E-state index contributed by atoms with van der Waals surface area (Å²) in [6.45, 7) is 5.64. The van der Waals surface area contributed by atoms with Gasteiger partial charge in [0.25, 0.3) is 0 Å². The number of rotatable bonds is 5. The molecule has 98 valence electrons. The van der Waals surface area contributed by atoms with Gasteiger partial charge in [-0.3, -0.25) is 0 Å². The number of piperidine rings is 1. The van der Waals surface area contributed by atoms with Crippen LogP contribution in [0.3, 0.4) is 0 Å². The van der Waals surface area contributed by atoms with E-state index in [9.17, 15) is 0 Å². The lowest BCUT2D eigenvalue weighted by Crippen LogP contribution is -3.14. The van der Waals surface area contributed by atoms with Crippen LogP contribution in [0.2, 0.25) is 0 Å². The molecule has 16 heavy (non-hydrogen) atoms. The average Bonchev–Trinajstić information content (AvgIpc) is 2.34. The quantitative estimate of drug-likeness (QED) is 0.601. The highest BCUT2D eigenvalue weighted by Gasteiger charge is 2.27. The van der Waals surface area contributed by atoms with Gasteiger partial charge < -0.3 is 15.3 Å². The van der Waals surface area contributed by atoms with Gasteiger partial charge in [-0.1, -0.05) is 13.8 Å². The van der Waals surface area contributed by atoms with Gasteiger partial charge in [0.15, 0.2) is 0 Å². The molecule has 0 aliphatic carbocycles. The number of quaternary nitrogens is 1. The Morgan fingerprint density at radius 2 is 2.00 bits per heavy atom.